The summed E-state index contributed by atoms with van der Waals surface area (Å²) in [7, 11) is 0.543. The fourth-order valence-corrected chi connectivity index (χ4v) is 3.25. The van der Waals surface area contributed by atoms with Crippen LogP contribution in [-0.2, 0) is 10.0 Å². The van der Waals surface area contributed by atoms with Crippen LogP contribution in [-0.4, -0.2) is 76.7 Å². The molecule has 0 aliphatic rings. The first kappa shape index (κ1) is 24.9. The normalized spacial score (nSPS) is 11.8. The van der Waals surface area contributed by atoms with Crippen LogP contribution >= 0.6 is 24.0 Å². The van der Waals surface area contributed by atoms with Gasteiger partial charge in [0.15, 0.2) is 5.96 Å². The molecule has 0 spiro atoms. The van der Waals surface area contributed by atoms with Crippen molar-refractivity contribution in [2.75, 3.05) is 53.1 Å². The molecular weight excluding hydrogens is 467 g/mol. The van der Waals surface area contributed by atoms with Gasteiger partial charge in [-0.05, 0) is 18.6 Å². The van der Waals surface area contributed by atoms with Gasteiger partial charge in [-0.15, -0.1) is 24.0 Å². The molecule has 150 valence electrons. The summed E-state index contributed by atoms with van der Waals surface area (Å²) in [5.41, 5.74) is 0. The third-order valence-corrected chi connectivity index (χ3v) is 5.08. The number of ether oxygens (including phenoxy) is 1. The number of para-hydroxylation sites is 1. The highest BCUT2D eigenvalue weighted by molar-refractivity contribution is 14.0. The molecule has 0 amide bonds. The Bertz CT molecular complexity index is 626. The molecule has 1 N–H and O–H groups in total. The van der Waals surface area contributed by atoms with Crippen LogP contribution in [0, 0.1) is 0 Å². The van der Waals surface area contributed by atoms with E-state index in [1.165, 1.54) is 10.6 Å². The predicted molar refractivity (Wildman–Crippen MR) is 118 cm³/mol. The Labute approximate surface area is 174 Å². The molecule has 0 aromatic heterocycles. The van der Waals surface area contributed by atoms with Gasteiger partial charge in [-0.25, -0.2) is 12.7 Å². The van der Waals surface area contributed by atoms with Gasteiger partial charge in [-0.2, -0.15) is 0 Å². The number of aliphatic imine (C=N–C) groups is 1. The SMILES string of the molecule is CCN(CCCNC(=NC)N(C)CCOc1ccccc1)S(C)(=O)=O.I. The number of hydrogen-bond acceptors (Lipinski definition) is 4. The van der Waals surface area contributed by atoms with Gasteiger partial charge >= 0.3 is 0 Å². The first-order valence-corrected chi connectivity index (χ1v) is 10.3. The zero-order valence-corrected chi connectivity index (χ0v) is 19.2. The molecule has 0 aliphatic heterocycles. The number of rotatable bonds is 10. The monoisotopic (exact) mass is 498 g/mol. The maximum Gasteiger partial charge on any atom is 0.211 e. The lowest BCUT2D eigenvalue weighted by Gasteiger charge is -2.23. The highest BCUT2D eigenvalue weighted by Gasteiger charge is 2.13. The minimum Gasteiger partial charge on any atom is -0.492 e. The van der Waals surface area contributed by atoms with E-state index in [1.54, 1.807) is 7.05 Å². The van der Waals surface area contributed by atoms with E-state index >= 15 is 0 Å². The third-order valence-electron chi connectivity index (χ3n) is 3.70. The molecule has 0 atom stereocenters. The van der Waals surface area contributed by atoms with Crippen LogP contribution in [0.4, 0.5) is 0 Å². The molecule has 0 unspecified atom stereocenters. The molecular formula is C17H31IN4O3S. The van der Waals surface area contributed by atoms with E-state index in [0.717, 1.165) is 11.7 Å². The summed E-state index contributed by atoms with van der Waals surface area (Å²) >= 11 is 0. The topological polar surface area (TPSA) is 74.2 Å². The van der Waals surface area contributed by atoms with Gasteiger partial charge in [0, 0.05) is 33.7 Å². The average Bonchev–Trinajstić information content (AvgIpc) is 2.58. The maximum absolute atomic E-state index is 11.5. The number of benzene rings is 1. The molecule has 0 aliphatic carbocycles. The average molecular weight is 498 g/mol. The van der Waals surface area contributed by atoms with Gasteiger partial charge in [0.05, 0.1) is 12.8 Å². The van der Waals surface area contributed by atoms with Crippen LogP contribution < -0.4 is 10.1 Å². The molecule has 0 saturated heterocycles. The lowest BCUT2D eigenvalue weighted by molar-refractivity contribution is 0.281. The second-order valence-corrected chi connectivity index (χ2v) is 7.65. The van der Waals surface area contributed by atoms with Gasteiger partial charge in [0.1, 0.15) is 12.4 Å². The van der Waals surface area contributed by atoms with Gasteiger partial charge in [0.25, 0.3) is 0 Å². The molecule has 0 fully saturated rings. The Balaban J connectivity index is 0.00000625. The summed E-state index contributed by atoms with van der Waals surface area (Å²) in [6.07, 6.45) is 1.96. The second kappa shape index (κ2) is 13.2. The molecule has 26 heavy (non-hydrogen) atoms. The van der Waals surface area contributed by atoms with Crippen LogP contribution in [0.3, 0.4) is 0 Å². The van der Waals surface area contributed by atoms with Crippen molar-refractivity contribution >= 4 is 40.0 Å². The van der Waals surface area contributed by atoms with E-state index in [-0.39, 0.29) is 24.0 Å². The first-order chi connectivity index (χ1) is 11.9. The molecule has 1 aromatic carbocycles. The summed E-state index contributed by atoms with van der Waals surface area (Å²) in [4.78, 5) is 6.23. The predicted octanol–water partition coefficient (Wildman–Crippen LogP) is 1.86. The maximum atomic E-state index is 11.5. The zero-order chi connectivity index (χ0) is 18.7. The third kappa shape index (κ3) is 9.58. The Morgan fingerprint density at radius 3 is 2.42 bits per heavy atom. The van der Waals surface area contributed by atoms with Crippen molar-refractivity contribution in [3.05, 3.63) is 30.3 Å². The summed E-state index contributed by atoms with van der Waals surface area (Å²) in [5.74, 6) is 1.61. The first-order valence-electron chi connectivity index (χ1n) is 8.43. The molecule has 0 radical (unpaired) electrons. The van der Waals surface area contributed by atoms with Crippen LogP contribution in [0.25, 0.3) is 0 Å². The van der Waals surface area contributed by atoms with Crippen molar-refractivity contribution in [1.82, 2.24) is 14.5 Å². The molecule has 0 saturated carbocycles. The molecule has 0 bridgehead atoms. The number of likely N-dealkylation sites (N-methyl/N-ethyl adjacent to an activating group) is 1. The van der Waals surface area contributed by atoms with Crippen LogP contribution in [0.5, 0.6) is 5.75 Å². The van der Waals surface area contributed by atoms with Crippen molar-refractivity contribution < 1.29 is 13.2 Å². The summed E-state index contributed by atoms with van der Waals surface area (Å²) in [5, 5.41) is 3.25. The van der Waals surface area contributed by atoms with Crippen LogP contribution in [0.1, 0.15) is 13.3 Å². The van der Waals surface area contributed by atoms with E-state index in [2.05, 4.69) is 10.3 Å². The van der Waals surface area contributed by atoms with Crippen LogP contribution in [0.2, 0.25) is 0 Å². The van der Waals surface area contributed by atoms with Gasteiger partial charge in [-0.3, -0.25) is 4.99 Å². The fraction of sp³-hybridized carbons (Fsp3) is 0.588. The smallest absolute Gasteiger partial charge is 0.211 e. The molecule has 1 rings (SSSR count). The Morgan fingerprint density at radius 2 is 1.88 bits per heavy atom. The number of halogens is 1. The number of guanidine groups is 1. The highest BCUT2D eigenvalue weighted by Crippen LogP contribution is 2.07. The number of nitrogens with zero attached hydrogens (tertiary/aromatic N) is 3. The van der Waals surface area contributed by atoms with Crippen LogP contribution in [0.15, 0.2) is 35.3 Å². The number of nitrogens with one attached hydrogen (secondary N) is 1. The Hall–Kier alpha value is -1.07. The molecule has 9 heteroatoms. The Morgan fingerprint density at radius 1 is 1.23 bits per heavy atom. The minimum atomic E-state index is -3.13. The highest BCUT2D eigenvalue weighted by atomic mass is 127. The second-order valence-electron chi connectivity index (χ2n) is 5.67. The summed E-state index contributed by atoms with van der Waals surface area (Å²) in [6, 6.07) is 9.68. The Kier molecular flexibility index (Phi) is 12.6. The van der Waals surface area contributed by atoms with E-state index in [9.17, 15) is 8.42 Å². The standard InChI is InChI=1S/C17H30N4O3S.HI/c1-5-21(25(4,22)23)13-9-12-19-17(18-2)20(3)14-15-24-16-10-7-6-8-11-16;/h6-8,10-11H,5,9,12-15H2,1-4H3,(H,18,19);1H. The van der Waals surface area contributed by atoms with Crippen molar-refractivity contribution in [1.29, 1.82) is 0 Å². The van der Waals surface area contributed by atoms with Crippen molar-refractivity contribution in [2.45, 2.75) is 13.3 Å². The van der Waals surface area contributed by atoms with Crippen molar-refractivity contribution in [3.63, 3.8) is 0 Å². The lowest BCUT2D eigenvalue weighted by Crippen LogP contribution is -2.42. The fourth-order valence-electron chi connectivity index (χ4n) is 2.32. The summed E-state index contributed by atoms with van der Waals surface area (Å²) in [6.45, 7) is 4.73. The minimum absolute atomic E-state index is 0. The largest absolute Gasteiger partial charge is 0.492 e. The van der Waals surface area contributed by atoms with Gasteiger partial charge in [-0.1, -0.05) is 25.1 Å². The van der Waals surface area contributed by atoms with E-state index in [4.69, 9.17) is 4.74 Å². The van der Waals surface area contributed by atoms with E-state index in [1.807, 2.05) is 49.2 Å². The molecule has 7 nitrogen and oxygen atoms in total. The lowest BCUT2D eigenvalue weighted by atomic mass is 10.3. The van der Waals surface area contributed by atoms with E-state index in [0.29, 0.717) is 39.2 Å². The number of hydrogen-bond donors (Lipinski definition) is 1. The van der Waals surface area contributed by atoms with Gasteiger partial charge in [0.2, 0.25) is 10.0 Å². The number of sulfonamides is 1. The molecule has 0 heterocycles. The van der Waals surface area contributed by atoms with Crippen molar-refractivity contribution in [2.24, 2.45) is 4.99 Å². The molecule has 1 aromatic rings. The quantitative estimate of drug-likeness (QED) is 0.231. The van der Waals surface area contributed by atoms with Gasteiger partial charge < -0.3 is 15.0 Å². The van der Waals surface area contributed by atoms with E-state index < -0.39 is 10.0 Å². The van der Waals surface area contributed by atoms with Crippen molar-refractivity contribution in [3.8, 4) is 5.75 Å². The summed E-state index contributed by atoms with van der Waals surface area (Å²) < 4.78 is 30.2. The zero-order valence-electron chi connectivity index (χ0n) is 16.0.